The molecule has 33 heavy (non-hydrogen) atoms. The molecule has 6 heteroatoms. The summed E-state index contributed by atoms with van der Waals surface area (Å²) in [6, 6.07) is 11.5. The van der Waals surface area contributed by atoms with E-state index in [1.807, 2.05) is 24.3 Å². The van der Waals surface area contributed by atoms with Crippen LogP contribution in [0.2, 0.25) is 0 Å². The number of furan rings is 1. The Morgan fingerprint density at radius 3 is 2.24 bits per heavy atom. The first kappa shape index (κ1) is 20.5. The summed E-state index contributed by atoms with van der Waals surface area (Å²) in [5.74, 6) is 0.116. The molecule has 4 fully saturated rings. The van der Waals surface area contributed by atoms with Crippen LogP contribution in [0, 0.1) is 23.2 Å². The number of fused-ring (bicyclic) bond motifs is 3. The number of aliphatic carboxylic acids is 1. The van der Waals surface area contributed by atoms with Crippen LogP contribution in [-0.2, 0) is 9.59 Å². The maximum absolute atomic E-state index is 13.3. The Balaban J connectivity index is 1.21. The normalized spacial score (nSPS) is 28.8. The van der Waals surface area contributed by atoms with Gasteiger partial charge >= 0.3 is 5.97 Å². The van der Waals surface area contributed by atoms with Crippen molar-refractivity contribution in [3.63, 3.8) is 0 Å². The van der Waals surface area contributed by atoms with Gasteiger partial charge in [-0.2, -0.15) is 0 Å². The second kappa shape index (κ2) is 7.44. The van der Waals surface area contributed by atoms with Gasteiger partial charge in [-0.3, -0.25) is 9.59 Å². The maximum Gasteiger partial charge on any atom is 0.326 e. The van der Waals surface area contributed by atoms with Crippen molar-refractivity contribution in [2.45, 2.75) is 51.0 Å². The van der Waals surface area contributed by atoms with Crippen LogP contribution in [0.3, 0.4) is 0 Å². The van der Waals surface area contributed by atoms with E-state index >= 15 is 0 Å². The van der Waals surface area contributed by atoms with E-state index in [-0.39, 0.29) is 18.1 Å². The maximum atomic E-state index is 13.3. The van der Waals surface area contributed by atoms with E-state index in [0.717, 1.165) is 35.6 Å². The molecule has 2 aromatic carbocycles. The molecule has 0 spiro atoms. The van der Waals surface area contributed by atoms with E-state index in [1.165, 1.54) is 19.3 Å². The molecular formula is C27H27NO5. The Morgan fingerprint density at radius 2 is 1.58 bits per heavy atom. The molecule has 7 rings (SSSR count). The van der Waals surface area contributed by atoms with Gasteiger partial charge in [-0.15, -0.1) is 0 Å². The van der Waals surface area contributed by atoms with Gasteiger partial charge in [0.15, 0.2) is 5.78 Å². The molecule has 4 aliphatic rings. The summed E-state index contributed by atoms with van der Waals surface area (Å²) in [5.41, 5.74) is 1.39. The van der Waals surface area contributed by atoms with Crippen molar-refractivity contribution in [1.82, 2.24) is 5.32 Å². The van der Waals surface area contributed by atoms with E-state index in [2.05, 4.69) is 5.32 Å². The molecule has 4 aliphatic carbocycles. The lowest BCUT2D eigenvalue weighted by atomic mass is 9.49. The summed E-state index contributed by atoms with van der Waals surface area (Å²) in [4.78, 5) is 38.4. The highest BCUT2D eigenvalue weighted by atomic mass is 16.4. The first-order valence-corrected chi connectivity index (χ1v) is 11.9. The van der Waals surface area contributed by atoms with Gasteiger partial charge in [-0.25, -0.2) is 4.79 Å². The fourth-order valence-electron chi connectivity index (χ4n) is 7.10. The quantitative estimate of drug-likeness (QED) is 0.524. The third kappa shape index (κ3) is 3.43. The molecule has 1 atom stereocenters. The highest BCUT2D eigenvalue weighted by molar-refractivity contribution is 6.09. The molecule has 170 valence electrons. The molecule has 0 aliphatic heterocycles. The van der Waals surface area contributed by atoms with Crippen LogP contribution in [0.25, 0.3) is 21.9 Å². The Hall–Kier alpha value is -3.15. The predicted molar refractivity (Wildman–Crippen MR) is 123 cm³/mol. The summed E-state index contributed by atoms with van der Waals surface area (Å²) < 4.78 is 5.81. The van der Waals surface area contributed by atoms with Crippen molar-refractivity contribution in [3.05, 3.63) is 48.0 Å². The number of nitrogens with one attached hydrogen (secondary N) is 1. The molecular weight excluding hydrogens is 418 g/mol. The van der Waals surface area contributed by atoms with E-state index in [0.29, 0.717) is 28.9 Å². The van der Waals surface area contributed by atoms with Crippen LogP contribution in [0.5, 0.6) is 0 Å². The third-order valence-electron chi connectivity index (χ3n) is 8.21. The minimum Gasteiger partial charge on any atom is -0.480 e. The average molecular weight is 446 g/mol. The Bertz CT molecular complexity index is 1250. The van der Waals surface area contributed by atoms with Gasteiger partial charge in [0.1, 0.15) is 17.2 Å². The third-order valence-corrected chi connectivity index (χ3v) is 8.21. The number of carboxylic acids is 1. The Kier molecular flexibility index (Phi) is 4.61. The minimum absolute atomic E-state index is 0.168. The Morgan fingerprint density at radius 1 is 0.939 bits per heavy atom. The molecule has 0 saturated heterocycles. The van der Waals surface area contributed by atoms with Crippen molar-refractivity contribution in [1.29, 1.82) is 0 Å². The van der Waals surface area contributed by atoms with E-state index in [4.69, 9.17) is 4.42 Å². The highest BCUT2D eigenvalue weighted by Gasteiger charge is 2.55. The lowest BCUT2D eigenvalue weighted by Crippen LogP contribution is -2.56. The van der Waals surface area contributed by atoms with Crippen molar-refractivity contribution < 1.29 is 23.9 Å². The molecule has 2 N–H and O–H groups in total. The van der Waals surface area contributed by atoms with Crippen molar-refractivity contribution in [2.24, 2.45) is 23.2 Å². The molecule has 1 aromatic heterocycles. The van der Waals surface area contributed by atoms with Gasteiger partial charge in [0.25, 0.3) is 0 Å². The topological polar surface area (TPSA) is 96.6 Å². The summed E-state index contributed by atoms with van der Waals surface area (Å²) in [6.07, 6.45) is 5.92. The number of carbonyl (C=O) groups excluding carboxylic acids is 2. The van der Waals surface area contributed by atoms with Gasteiger partial charge in [0.2, 0.25) is 5.91 Å². The molecule has 6 nitrogen and oxygen atoms in total. The number of Topliss-reactive ketones (excluding diaryl/α,β-unsaturated/α-hetero) is 1. The molecule has 1 unspecified atom stereocenters. The predicted octanol–water partition coefficient (Wildman–Crippen LogP) is 4.94. The van der Waals surface area contributed by atoms with Gasteiger partial charge in [-0.1, -0.05) is 18.2 Å². The van der Waals surface area contributed by atoms with Crippen molar-refractivity contribution in [3.8, 4) is 0 Å². The molecule has 3 aromatic rings. The smallest absolute Gasteiger partial charge is 0.326 e. The molecule has 1 heterocycles. The second-order valence-corrected chi connectivity index (χ2v) is 10.5. The summed E-state index contributed by atoms with van der Waals surface area (Å²) in [6.45, 7) is 0. The fraction of sp³-hybridized carbons (Fsp3) is 0.444. The zero-order valence-corrected chi connectivity index (χ0v) is 18.4. The zero-order valence-electron chi connectivity index (χ0n) is 18.4. The van der Waals surface area contributed by atoms with Gasteiger partial charge in [-0.05, 0) is 80.5 Å². The van der Waals surface area contributed by atoms with Crippen LogP contribution in [0.4, 0.5) is 0 Å². The molecule has 0 radical (unpaired) electrons. The highest BCUT2D eigenvalue weighted by Crippen LogP contribution is 2.60. The zero-order chi connectivity index (χ0) is 22.7. The van der Waals surface area contributed by atoms with Crippen molar-refractivity contribution in [2.75, 3.05) is 0 Å². The number of carbonyl (C=O) groups is 3. The lowest BCUT2D eigenvalue weighted by Gasteiger charge is -2.55. The number of benzene rings is 2. The number of hydrogen-bond donors (Lipinski definition) is 2. The number of para-hydroxylation sites is 1. The number of amides is 1. The largest absolute Gasteiger partial charge is 0.480 e. The van der Waals surface area contributed by atoms with Crippen LogP contribution in [0.1, 0.15) is 55.3 Å². The molecule has 1 amide bonds. The summed E-state index contributed by atoms with van der Waals surface area (Å²) >= 11 is 0. The van der Waals surface area contributed by atoms with E-state index in [1.54, 1.807) is 18.2 Å². The number of carboxylic acid groups (broad SMARTS) is 1. The fourth-order valence-corrected chi connectivity index (χ4v) is 7.10. The summed E-state index contributed by atoms with van der Waals surface area (Å²) in [7, 11) is 0. The molecule has 4 saturated carbocycles. The van der Waals surface area contributed by atoms with Crippen LogP contribution >= 0.6 is 0 Å². The number of hydrogen-bond acceptors (Lipinski definition) is 4. The van der Waals surface area contributed by atoms with Gasteiger partial charge in [0, 0.05) is 28.2 Å². The molecule has 4 bridgehead atoms. The first-order valence-electron chi connectivity index (χ1n) is 11.9. The number of rotatable bonds is 6. The second-order valence-electron chi connectivity index (χ2n) is 10.5. The average Bonchev–Trinajstić information content (AvgIpc) is 3.15. The Labute approximate surface area is 191 Å². The SMILES string of the molecule is O=C(CC(NC(=O)C12CC3CC(CC(C3)C1)C2)C(=O)O)c1ccc2oc3ccccc3c2c1. The van der Waals surface area contributed by atoms with Gasteiger partial charge < -0.3 is 14.8 Å². The van der Waals surface area contributed by atoms with Gasteiger partial charge in [0.05, 0.1) is 0 Å². The van der Waals surface area contributed by atoms with Crippen molar-refractivity contribution >= 4 is 39.6 Å². The summed E-state index contributed by atoms with van der Waals surface area (Å²) in [5, 5.41) is 14.3. The van der Waals surface area contributed by atoms with Crippen LogP contribution in [0.15, 0.2) is 46.9 Å². The van der Waals surface area contributed by atoms with Crippen LogP contribution < -0.4 is 5.32 Å². The lowest BCUT2D eigenvalue weighted by molar-refractivity contribution is -0.151. The monoisotopic (exact) mass is 445 g/mol. The number of ketones is 1. The standard InChI is InChI=1S/C27H27NO5/c29-22(18-5-6-24-20(10-18)19-3-1-2-4-23(19)33-24)11-21(25(30)31)28-26(32)27-12-15-7-16(13-27)9-17(8-15)14-27/h1-6,10,15-17,21H,7-9,11-14H2,(H,28,32)(H,30,31). The van der Waals surface area contributed by atoms with Crippen LogP contribution in [-0.4, -0.2) is 28.8 Å². The first-order chi connectivity index (χ1) is 15.9. The van der Waals surface area contributed by atoms with E-state index < -0.39 is 17.4 Å². The minimum atomic E-state index is -1.23. The van der Waals surface area contributed by atoms with E-state index in [9.17, 15) is 19.5 Å².